The Hall–Kier alpha value is -1.56. The predicted molar refractivity (Wildman–Crippen MR) is 90.6 cm³/mol. The molecule has 106 valence electrons. The Morgan fingerprint density at radius 3 is 2.21 bits per heavy atom. The standard InChI is InChI=1S/C16H20.C2H6.CH4/c1-4-7-11-14(5-2)16(6-3)15-12-9-8-10-13-15;1-2;/h4-5,7-13,16H,2,6H2,1,3H3;1-2H3;1H4/b7-4-,14-11+;;. The Morgan fingerprint density at radius 1 is 1.21 bits per heavy atom. The minimum absolute atomic E-state index is 0. The van der Waals surface area contributed by atoms with Gasteiger partial charge in [-0.05, 0) is 24.5 Å². The van der Waals surface area contributed by atoms with Gasteiger partial charge in [-0.2, -0.15) is 0 Å². The minimum Gasteiger partial charge on any atom is -0.0988 e. The number of hydrogen-bond acceptors (Lipinski definition) is 0. The van der Waals surface area contributed by atoms with E-state index in [1.54, 1.807) is 0 Å². The van der Waals surface area contributed by atoms with Crippen LogP contribution in [0.15, 0.2) is 66.8 Å². The van der Waals surface area contributed by atoms with Gasteiger partial charge in [0.15, 0.2) is 0 Å². The summed E-state index contributed by atoms with van der Waals surface area (Å²) in [5.74, 6) is 0.454. The highest BCUT2D eigenvalue weighted by Crippen LogP contribution is 2.28. The van der Waals surface area contributed by atoms with Crippen LogP contribution in [0.5, 0.6) is 0 Å². The predicted octanol–water partition coefficient (Wildman–Crippen LogP) is 6.53. The van der Waals surface area contributed by atoms with E-state index in [0.717, 1.165) is 6.42 Å². The first kappa shape index (κ1) is 19.8. The molecule has 0 aliphatic heterocycles. The molecule has 1 atom stereocenters. The van der Waals surface area contributed by atoms with E-state index in [0.29, 0.717) is 5.92 Å². The third kappa shape index (κ3) is 6.81. The summed E-state index contributed by atoms with van der Waals surface area (Å²) in [6.45, 7) is 12.1. The van der Waals surface area contributed by atoms with E-state index in [1.807, 2.05) is 32.9 Å². The van der Waals surface area contributed by atoms with Crippen LogP contribution >= 0.6 is 0 Å². The molecular weight excluding hydrogens is 228 g/mol. The summed E-state index contributed by atoms with van der Waals surface area (Å²) in [7, 11) is 0. The first-order chi connectivity index (χ1) is 8.83. The molecule has 1 aromatic carbocycles. The van der Waals surface area contributed by atoms with Gasteiger partial charge in [-0.25, -0.2) is 0 Å². The zero-order valence-electron chi connectivity index (χ0n) is 12.2. The number of allylic oxidation sites excluding steroid dienone is 5. The molecule has 0 N–H and O–H groups in total. The summed E-state index contributed by atoms with van der Waals surface area (Å²) < 4.78 is 0. The van der Waals surface area contributed by atoms with Crippen molar-refractivity contribution in [1.82, 2.24) is 0 Å². The fourth-order valence-electron chi connectivity index (χ4n) is 1.88. The molecule has 1 unspecified atom stereocenters. The SMILES string of the molecule is C.C=C/C(=C\C=C/C)C(CC)c1ccccc1.CC. The summed E-state index contributed by atoms with van der Waals surface area (Å²) in [6, 6.07) is 10.6. The Labute approximate surface area is 120 Å². The third-order valence-electron chi connectivity index (χ3n) is 2.73. The average Bonchev–Trinajstić information content (AvgIpc) is 2.46. The van der Waals surface area contributed by atoms with Crippen LogP contribution in [-0.4, -0.2) is 0 Å². The van der Waals surface area contributed by atoms with Gasteiger partial charge in [0.25, 0.3) is 0 Å². The maximum Gasteiger partial charge on any atom is 0.00865 e. The highest BCUT2D eigenvalue weighted by molar-refractivity contribution is 5.36. The van der Waals surface area contributed by atoms with Crippen LogP contribution in [0, 0.1) is 0 Å². The fourth-order valence-corrected chi connectivity index (χ4v) is 1.88. The Morgan fingerprint density at radius 2 is 1.79 bits per heavy atom. The Balaban J connectivity index is 0. The van der Waals surface area contributed by atoms with Gasteiger partial charge in [-0.1, -0.05) is 89.4 Å². The van der Waals surface area contributed by atoms with Gasteiger partial charge in [0.1, 0.15) is 0 Å². The first-order valence-corrected chi connectivity index (χ1v) is 6.83. The van der Waals surface area contributed by atoms with Crippen LogP contribution in [0.2, 0.25) is 0 Å². The summed E-state index contributed by atoms with van der Waals surface area (Å²) in [5.41, 5.74) is 2.65. The van der Waals surface area contributed by atoms with Gasteiger partial charge < -0.3 is 0 Å². The van der Waals surface area contributed by atoms with E-state index in [2.05, 4.69) is 56.0 Å². The lowest BCUT2D eigenvalue weighted by molar-refractivity contribution is 0.776. The second kappa shape index (κ2) is 12.9. The van der Waals surface area contributed by atoms with Gasteiger partial charge >= 0.3 is 0 Å². The Bertz CT molecular complexity index is 368. The molecule has 0 amide bonds. The highest BCUT2D eigenvalue weighted by Gasteiger charge is 2.10. The van der Waals surface area contributed by atoms with E-state index < -0.39 is 0 Å². The largest absolute Gasteiger partial charge is 0.0988 e. The van der Waals surface area contributed by atoms with Gasteiger partial charge in [0, 0.05) is 5.92 Å². The summed E-state index contributed by atoms with van der Waals surface area (Å²) in [6.07, 6.45) is 9.32. The Kier molecular flexibility index (Phi) is 13.4. The van der Waals surface area contributed by atoms with Crippen molar-refractivity contribution in [3.05, 3.63) is 72.4 Å². The summed E-state index contributed by atoms with van der Waals surface area (Å²) >= 11 is 0. The quantitative estimate of drug-likeness (QED) is 0.527. The lowest BCUT2D eigenvalue weighted by Crippen LogP contribution is -1.99. The molecule has 1 aromatic rings. The topological polar surface area (TPSA) is 0 Å². The van der Waals surface area contributed by atoms with Crippen LogP contribution in [0.25, 0.3) is 0 Å². The highest BCUT2D eigenvalue weighted by atomic mass is 14.1. The van der Waals surface area contributed by atoms with E-state index in [4.69, 9.17) is 0 Å². The molecule has 0 aliphatic rings. The second-order valence-corrected chi connectivity index (χ2v) is 3.77. The van der Waals surface area contributed by atoms with E-state index in [-0.39, 0.29) is 7.43 Å². The number of rotatable bonds is 5. The molecule has 0 radical (unpaired) electrons. The van der Waals surface area contributed by atoms with Crippen LogP contribution in [0.1, 0.15) is 53.0 Å². The monoisotopic (exact) mass is 258 g/mol. The van der Waals surface area contributed by atoms with Crippen molar-refractivity contribution >= 4 is 0 Å². The molecule has 0 saturated carbocycles. The van der Waals surface area contributed by atoms with Crippen LogP contribution in [0.3, 0.4) is 0 Å². The van der Waals surface area contributed by atoms with Gasteiger partial charge in [-0.15, -0.1) is 0 Å². The third-order valence-corrected chi connectivity index (χ3v) is 2.73. The molecule has 0 heteroatoms. The van der Waals surface area contributed by atoms with Crippen molar-refractivity contribution in [2.24, 2.45) is 0 Å². The molecule has 0 heterocycles. The van der Waals surface area contributed by atoms with Gasteiger partial charge in [0.05, 0.1) is 0 Å². The van der Waals surface area contributed by atoms with Crippen molar-refractivity contribution in [2.45, 2.75) is 47.5 Å². The average molecular weight is 258 g/mol. The molecule has 0 saturated heterocycles. The van der Waals surface area contributed by atoms with Crippen LogP contribution in [0.4, 0.5) is 0 Å². The van der Waals surface area contributed by atoms with E-state index >= 15 is 0 Å². The summed E-state index contributed by atoms with van der Waals surface area (Å²) in [4.78, 5) is 0. The molecule has 0 spiro atoms. The van der Waals surface area contributed by atoms with E-state index in [9.17, 15) is 0 Å². The van der Waals surface area contributed by atoms with Gasteiger partial charge in [0.2, 0.25) is 0 Å². The zero-order chi connectivity index (χ0) is 13.8. The maximum absolute atomic E-state index is 3.91. The molecule has 1 rings (SSSR count). The minimum atomic E-state index is 0. The fraction of sp³-hybridized carbons (Fsp3) is 0.368. The zero-order valence-corrected chi connectivity index (χ0v) is 12.2. The number of hydrogen-bond donors (Lipinski definition) is 0. The van der Waals surface area contributed by atoms with Crippen molar-refractivity contribution in [1.29, 1.82) is 0 Å². The molecule has 0 fully saturated rings. The second-order valence-electron chi connectivity index (χ2n) is 3.77. The van der Waals surface area contributed by atoms with Crippen molar-refractivity contribution in [2.75, 3.05) is 0 Å². The molecule has 0 bridgehead atoms. The van der Waals surface area contributed by atoms with Crippen molar-refractivity contribution in [3.8, 4) is 0 Å². The van der Waals surface area contributed by atoms with Crippen molar-refractivity contribution < 1.29 is 0 Å². The molecule has 19 heavy (non-hydrogen) atoms. The van der Waals surface area contributed by atoms with Crippen LogP contribution in [-0.2, 0) is 0 Å². The van der Waals surface area contributed by atoms with Crippen molar-refractivity contribution in [3.63, 3.8) is 0 Å². The van der Waals surface area contributed by atoms with Gasteiger partial charge in [-0.3, -0.25) is 0 Å². The normalized spacial score (nSPS) is 12.1. The molecule has 0 aromatic heterocycles. The first-order valence-electron chi connectivity index (χ1n) is 6.83. The smallest absolute Gasteiger partial charge is 0.00865 e. The molecule has 0 aliphatic carbocycles. The maximum atomic E-state index is 3.91. The molecular formula is C19H30. The summed E-state index contributed by atoms with van der Waals surface area (Å²) in [5, 5.41) is 0. The van der Waals surface area contributed by atoms with E-state index in [1.165, 1.54) is 11.1 Å². The molecule has 0 nitrogen and oxygen atoms in total. The van der Waals surface area contributed by atoms with Crippen LogP contribution < -0.4 is 0 Å². The lowest BCUT2D eigenvalue weighted by Gasteiger charge is -2.16. The number of benzene rings is 1. The lowest BCUT2D eigenvalue weighted by atomic mass is 9.88.